The Labute approximate surface area is 173 Å². The summed E-state index contributed by atoms with van der Waals surface area (Å²) in [5, 5.41) is 11.1. The van der Waals surface area contributed by atoms with Gasteiger partial charge in [0.25, 0.3) is 0 Å². The van der Waals surface area contributed by atoms with Crippen molar-refractivity contribution in [3.05, 3.63) is 84.4 Å². The molecule has 1 unspecified atom stereocenters. The lowest BCUT2D eigenvalue weighted by Gasteiger charge is -2.24. The lowest BCUT2D eigenvalue weighted by Crippen LogP contribution is -2.30. The summed E-state index contributed by atoms with van der Waals surface area (Å²) in [5.41, 5.74) is 3.32. The maximum atomic E-state index is 12.8. The summed E-state index contributed by atoms with van der Waals surface area (Å²) in [4.78, 5) is 36.8. The van der Waals surface area contributed by atoms with E-state index >= 15 is 0 Å². The molecule has 0 spiro atoms. The van der Waals surface area contributed by atoms with Crippen molar-refractivity contribution in [3.8, 4) is 0 Å². The summed E-state index contributed by atoms with van der Waals surface area (Å²) >= 11 is 0. The fourth-order valence-electron chi connectivity index (χ4n) is 3.33. The van der Waals surface area contributed by atoms with E-state index in [1.807, 2.05) is 36.4 Å². The van der Waals surface area contributed by atoms with E-state index in [0.717, 1.165) is 5.56 Å². The number of anilines is 4. The van der Waals surface area contributed by atoms with E-state index < -0.39 is 5.92 Å². The molecule has 4 rings (SSSR count). The van der Waals surface area contributed by atoms with Crippen molar-refractivity contribution in [2.45, 2.75) is 12.3 Å². The number of benzene rings is 3. The summed E-state index contributed by atoms with van der Waals surface area (Å²) in [6.07, 6.45) is 0.0993. The third-order valence-electron chi connectivity index (χ3n) is 4.76. The van der Waals surface area contributed by atoms with Gasteiger partial charge >= 0.3 is 6.03 Å². The summed E-state index contributed by atoms with van der Waals surface area (Å²) in [6.45, 7) is 0. The molecule has 7 heteroatoms. The zero-order valence-corrected chi connectivity index (χ0v) is 16.0. The minimum Gasteiger partial charge on any atom is -0.326 e. The normalized spacial score (nSPS) is 14.8. The second-order valence-electron chi connectivity index (χ2n) is 6.90. The molecular formula is C23H20N4O3. The minimum atomic E-state index is -0.551. The van der Waals surface area contributed by atoms with Crippen molar-refractivity contribution in [3.63, 3.8) is 0 Å². The molecule has 1 atom stereocenters. The Kier molecular flexibility index (Phi) is 5.43. The van der Waals surface area contributed by atoms with Crippen LogP contribution in [0.1, 0.15) is 17.9 Å². The topological polar surface area (TPSA) is 99.3 Å². The number of urea groups is 1. The number of rotatable bonds is 4. The van der Waals surface area contributed by atoms with Gasteiger partial charge in [-0.15, -0.1) is 0 Å². The Hall–Kier alpha value is -4.13. The number of amides is 4. The van der Waals surface area contributed by atoms with E-state index in [2.05, 4.69) is 21.3 Å². The molecule has 4 N–H and O–H groups in total. The number of carbonyl (C=O) groups excluding carboxylic acids is 3. The van der Waals surface area contributed by atoms with E-state index in [4.69, 9.17) is 0 Å². The van der Waals surface area contributed by atoms with Crippen LogP contribution in [0.25, 0.3) is 0 Å². The van der Waals surface area contributed by atoms with Crippen LogP contribution in [-0.2, 0) is 9.59 Å². The first-order chi connectivity index (χ1) is 14.6. The molecule has 1 heterocycles. The number of para-hydroxylation sites is 2. The molecule has 0 saturated carbocycles. The molecule has 0 aliphatic carbocycles. The van der Waals surface area contributed by atoms with Gasteiger partial charge in [0.15, 0.2) is 0 Å². The molecule has 4 amide bonds. The van der Waals surface area contributed by atoms with Crippen LogP contribution in [0.5, 0.6) is 0 Å². The van der Waals surface area contributed by atoms with Gasteiger partial charge in [0.1, 0.15) is 0 Å². The lowest BCUT2D eigenvalue weighted by atomic mass is 9.90. The molecule has 30 heavy (non-hydrogen) atoms. The average Bonchev–Trinajstić information content (AvgIpc) is 2.75. The Morgan fingerprint density at radius 2 is 1.30 bits per heavy atom. The number of fused-ring (bicyclic) bond motifs is 1. The van der Waals surface area contributed by atoms with Crippen molar-refractivity contribution < 1.29 is 14.4 Å². The second kappa shape index (κ2) is 8.48. The first-order valence-electron chi connectivity index (χ1n) is 9.51. The van der Waals surface area contributed by atoms with Gasteiger partial charge in [0.05, 0.1) is 5.92 Å². The van der Waals surface area contributed by atoms with Crippen molar-refractivity contribution in [2.75, 3.05) is 21.3 Å². The Bertz CT molecular complexity index is 1080. The van der Waals surface area contributed by atoms with Crippen LogP contribution in [0.2, 0.25) is 0 Å². The number of hydrogen-bond donors (Lipinski definition) is 4. The highest BCUT2D eigenvalue weighted by molar-refractivity contribution is 6.05. The molecule has 7 nitrogen and oxygen atoms in total. The number of nitrogens with one attached hydrogen (secondary N) is 4. The van der Waals surface area contributed by atoms with Gasteiger partial charge in [-0.05, 0) is 48.0 Å². The van der Waals surface area contributed by atoms with E-state index in [-0.39, 0.29) is 24.3 Å². The van der Waals surface area contributed by atoms with Crippen LogP contribution >= 0.6 is 0 Å². The minimum absolute atomic E-state index is 0.0993. The molecule has 3 aromatic carbocycles. The molecular weight excluding hydrogens is 380 g/mol. The molecule has 0 bridgehead atoms. The van der Waals surface area contributed by atoms with Crippen LogP contribution < -0.4 is 21.3 Å². The molecule has 150 valence electrons. The van der Waals surface area contributed by atoms with E-state index in [0.29, 0.717) is 22.7 Å². The molecule has 0 fully saturated rings. The van der Waals surface area contributed by atoms with Gasteiger partial charge in [-0.25, -0.2) is 4.79 Å². The lowest BCUT2D eigenvalue weighted by molar-refractivity contribution is -0.123. The Morgan fingerprint density at radius 3 is 2.00 bits per heavy atom. The fraction of sp³-hybridized carbons (Fsp3) is 0.0870. The standard InChI is InChI=1S/C23H20N4O3/c28-21-14-19(18-8-4-5-9-20(18)27-21)22(29)24-16-10-12-17(13-11-16)26-23(30)25-15-6-2-1-3-7-15/h1-13,19H,14H2,(H,24,29)(H,27,28)(H2,25,26,30). The van der Waals surface area contributed by atoms with E-state index in [9.17, 15) is 14.4 Å². The SMILES string of the molecule is O=C1CC(C(=O)Nc2ccc(NC(=O)Nc3ccccc3)cc2)c2ccccc2N1. The largest absolute Gasteiger partial charge is 0.326 e. The Morgan fingerprint density at radius 1 is 0.733 bits per heavy atom. The fourth-order valence-corrected chi connectivity index (χ4v) is 3.33. The molecule has 3 aromatic rings. The molecule has 1 aliphatic heterocycles. The third-order valence-corrected chi connectivity index (χ3v) is 4.76. The smallest absolute Gasteiger partial charge is 0.323 e. The van der Waals surface area contributed by atoms with Gasteiger partial charge in [-0.2, -0.15) is 0 Å². The van der Waals surface area contributed by atoms with Crippen LogP contribution in [0.15, 0.2) is 78.9 Å². The highest BCUT2D eigenvalue weighted by Crippen LogP contribution is 2.32. The van der Waals surface area contributed by atoms with Crippen LogP contribution in [-0.4, -0.2) is 17.8 Å². The average molecular weight is 400 g/mol. The molecule has 0 saturated heterocycles. The predicted octanol–water partition coefficient (Wildman–Crippen LogP) is 4.40. The predicted molar refractivity (Wildman–Crippen MR) is 117 cm³/mol. The second-order valence-corrected chi connectivity index (χ2v) is 6.90. The van der Waals surface area contributed by atoms with Crippen molar-refractivity contribution in [2.24, 2.45) is 0 Å². The first kappa shape index (κ1) is 19.2. The van der Waals surface area contributed by atoms with Gasteiger partial charge in [0, 0.05) is 29.2 Å². The highest BCUT2D eigenvalue weighted by atomic mass is 16.2. The van der Waals surface area contributed by atoms with Crippen LogP contribution in [0.4, 0.5) is 27.5 Å². The zero-order valence-electron chi connectivity index (χ0n) is 16.0. The van der Waals surface area contributed by atoms with E-state index in [1.54, 1.807) is 42.5 Å². The van der Waals surface area contributed by atoms with Crippen molar-refractivity contribution in [1.82, 2.24) is 0 Å². The van der Waals surface area contributed by atoms with Crippen molar-refractivity contribution >= 4 is 40.6 Å². The summed E-state index contributed by atoms with van der Waals surface area (Å²) < 4.78 is 0. The van der Waals surface area contributed by atoms with Crippen LogP contribution in [0.3, 0.4) is 0 Å². The molecule has 0 aromatic heterocycles. The molecule has 0 radical (unpaired) electrons. The maximum Gasteiger partial charge on any atom is 0.323 e. The summed E-state index contributed by atoms with van der Waals surface area (Å²) in [7, 11) is 0. The van der Waals surface area contributed by atoms with Gasteiger partial charge < -0.3 is 21.3 Å². The zero-order chi connectivity index (χ0) is 20.9. The maximum absolute atomic E-state index is 12.8. The first-order valence-corrected chi connectivity index (χ1v) is 9.51. The van der Waals surface area contributed by atoms with Crippen molar-refractivity contribution in [1.29, 1.82) is 0 Å². The van der Waals surface area contributed by atoms with Gasteiger partial charge in [-0.1, -0.05) is 36.4 Å². The van der Waals surface area contributed by atoms with Crippen LogP contribution in [0, 0.1) is 0 Å². The number of carbonyl (C=O) groups is 3. The number of hydrogen-bond acceptors (Lipinski definition) is 3. The monoisotopic (exact) mass is 400 g/mol. The summed E-state index contributed by atoms with van der Waals surface area (Å²) in [5.74, 6) is -0.984. The highest BCUT2D eigenvalue weighted by Gasteiger charge is 2.30. The third kappa shape index (κ3) is 4.47. The Balaban J connectivity index is 1.38. The quantitative estimate of drug-likeness (QED) is 0.522. The van der Waals surface area contributed by atoms with E-state index in [1.165, 1.54) is 0 Å². The summed E-state index contributed by atoms with van der Waals surface area (Å²) in [6, 6.07) is 22.9. The van der Waals surface area contributed by atoms with Gasteiger partial charge in [-0.3, -0.25) is 9.59 Å². The molecule has 1 aliphatic rings. The van der Waals surface area contributed by atoms with Gasteiger partial charge in [0.2, 0.25) is 11.8 Å².